The van der Waals surface area contributed by atoms with Gasteiger partial charge in [0.2, 0.25) is 0 Å². The zero-order chi connectivity index (χ0) is 14.0. The van der Waals surface area contributed by atoms with E-state index in [1.807, 2.05) is 32.0 Å². The molecular formula is C13H18N2O3S. The van der Waals surface area contributed by atoms with Crippen molar-refractivity contribution in [2.45, 2.75) is 26.3 Å². The standard InChI is InChI=1S/C13H18N2O3S/c1-4-13-15-11-7-10(5-6-12(11)18-13)14-9(2)8-19(3,16)17/h5-7,9,14H,4,8H2,1-3H3. The number of nitrogens with one attached hydrogen (secondary N) is 1. The van der Waals surface area contributed by atoms with Crippen molar-refractivity contribution in [2.75, 3.05) is 17.3 Å². The Morgan fingerprint density at radius 3 is 2.79 bits per heavy atom. The van der Waals surface area contributed by atoms with Crippen LogP contribution in [0.4, 0.5) is 5.69 Å². The van der Waals surface area contributed by atoms with E-state index >= 15 is 0 Å². The van der Waals surface area contributed by atoms with Crippen molar-refractivity contribution < 1.29 is 12.8 Å². The number of rotatable bonds is 5. The largest absolute Gasteiger partial charge is 0.441 e. The van der Waals surface area contributed by atoms with Crippen LogP contribution in [-0.2, 0) is 16.3 Å². The highest BCUT2D eigenvalue weighted by molar-refractivity contribution is 7.90. The normalized spacial score (nSPS) is 13.6. The molecule has 2 aromatic rings. The fourth-order valence-corrected chi connectivity index (χ4v) is 2.99. The number of anilines is 1. The summed E-state index contributed by atoms with van der Waals surface area (Å²) in [5.41, 5.74) is 2.38. The van der Waals surface area contributed by atoms with Crippen LogP contribution in [0.2, 0.25) is 0 Å². The summed E-state index contributed by atoms with van der Waals surface area (Å²) < 4.78 is 28.0. The molecule has 1 aromatic carbocycles. The van der Waals surface area contributed by atoms with Crippen LogP contribution >= 0.6 is 0 Å². The first-order chi connectivity index (χ1) is 8.87. The highest BCUT2D eigenvalue weighted by Gasteiger charge is 2.11. The molecule has 1 atom stereocenters. The number of oxazole rings is 1. The van der Waals surface area contributed by atoms with Gasteiger partial charge in [-0.2, -0.15) is 0 Å². The predicted molar refractivity (Wildman–Crippen MR) is 76.2 cm³/mol. The number of nitrogens with zero attached hydrogens (tertiary/aromatic N) is 1. The third-order valence-electron chi connectivity index (χ3n) is 2.70. The molecule has 19 heavy (non-hydrogen) atoms. The summed E-state index contributed by atoms with van der Waals surface area (Å²) in [4.78, 5) is 4.35. The zero-order valence-electron chi connectivity index (χ0n) is 11.3. The Labute approximate surface area is 112 Å². The van der Waals surface area contributed by atoms with Gasteiger partial charge in [-0.25, -0.2) is 13.4 Å². The van der Waals surface area contributed by atoms with Gasteiger partial charge in [0.25, 0.3) is 0 Å². The molecular weight excluding hydrogens is 264 g/mol. The average molecular weight is 282 g/mol. The van der Waals surface area contributed by atoms with E-state index in [9.17, 15) is 8.42 Å². The van der Waals surface area contributed by atoms with Crippen LogP contribution < -0.4 is 5.32 Å². The van der Waals surface area contributed by atoms with Crippen LogP contribution in [-0.4, -0.2) is 31.5 Å². The molecule has 0 aliphatic rings. The maximum Gasteiger partial charge on any atom is 0.195 e. The van der Waals surface area contributed by atoms with Gasteiger partial charge in [-0.1, -0.05) is 6.92 Å². The van der Waals surface area contributed by atoms with Gasteiger partial charge in [-0.05, 0) is 25.1 Å². The van der Waals surface area contributed by atoms with Gasteiger partial charge in [0, 0.05) is 24.4 Å². The average Bonchev–Trinajstić information content (AvgIpc) is 2.68. The molecule has 5 nitrogen and oxygen atoms in total. The summed E-state index contributed by atoms with van der Waals surface area (Å²) in [6, 6.07) is 5.43. The lowest BCUT2D eigenvalue weighted by molar-refractivity contribution is 0.538. The lowest BCUT2D eigenvalue weighted by Gasteiger charge is -2.13. The van der Waals surface area contributed by atoms with Gasteiger partial charge in [0.05, 0.1) is 5.75 Å². The molecule has 1 heterocycles. The van der Waals surface area contributed by atoms with Crippen LogP contribution in [0.5, 0.6) is 0 Å². The molecule has 0 bridgehead atoms. The number of sulfone groups is 1. The molecule has 0 saturated carbocycles. The minimum atomic E-state index is -2.98. The summed E-state index contributed by atoms with van der Waals surface area (Å²) in [6.45, 7) is 3.82. The van der Waals surface area contributed by atoms with Crippen molar-refractivity contribution in [2.24, 2.45) is 0 Å². The molecule has 0 aliphatic heterocycles. The number of hydrogen-bond donors (Lipinski definition) is 1. The van der Waals surface area contributed by atoms with Crippen molar-refractivity contribution in [1.29, 1.82) is 0 Å². The molecule has 104 valence electrons. The van der Waals surface area contributed by atoms with Crippen molar-refractivity contribution in [3.8, 4) is 0 Å². The van der Waals surface area contributed by atoms with Crippen LogP contribution in [0.1, 0.15) is 19.7 Å². The minimum Gasteiger partial charge on any atom is -0.441 e. The summed E-state index contributed by atoms with van der Waals surface area (Å²) in [5.74, 6) is 0.806. The highest BCUT2D eigenvalue weighted by Crippen LogP contribution is 2.20. The first kappa shape index (κ1) is 13.9. The van der Waals surface area contributed by atoms with Crippen molar-refractivity contribution in [3.05, 3.63) is 24.1 Å². The second-order valence-corrected chi connectivity index (χ2v) is 6.97. The highest BCUT2D eigenvalue weighted by atomic mass is 32.2. The second-order valence-electron chi connectivity index (χ2n) is 4.78. The Balaban J connectivity index is 2.17. The first-order valence-corrected chi connectivity index (χ1v) is 8.27. The van der Waals surface area contributed by atoms with Crippen LogP contribution in [0, 0.1) is 0 Å². The van der Waals surface area contributed by atoms with Gasteiger partial charge < -0.3 is 9.73 Å². The van der Waals surface area contributed by atoms with Gasteiger partial charge >= 0.3 is 0 Å². The van der Waals surface area contributed by atoms with Gasteiger partial charge in [0.1, 0.15) is 15.4 Å². The topological polar surface area (TPSA) is 72.2 Å². The second kappa shape index (κ2) is 5.21. The number of benzene rings is 1. The lowest BCUT2D eigenvalue weighted by atomic mass is 10.2. The maximum absolute atomic E-state index is 11.2. The molecule has 0 spiro atoms. The molecule has 0 radical (unpaired) electrons. The van der Waals surface area contributed by atoms with Crippen LogP contribution in [0.3, 0.4) is 0 Å². The molecule has 1 aromatic heterocycles. The molecule has 0 fully saturated rings. The van der Waals surface area contributed by atoms with E-state index in [-0.39, 0.29) is 11.8 Å². The van der Waals surface area contributed by atoms with Crippen molar-refractivity contribution >= 4 is 26.6 Å². The minimum absolute atomic E-state index is 0.101. The Kier molecular flexibility index (Phi) is 3.80. The Hall–Kier alpha value is -1.56. The van der Waals surface area contributed by atoms with Gasteiger partial charge in [-0.15, -0.1) is 0 Å². The van der Waals surface area contributed by atoms with Crippen molar-refractivity contribution in [1.82, 2.24) is 4.98 Å². The monoisotopic (exact) mass is 282 g/mol. The molecule has 0 amide bonds. The van der Waals surface area contributed by atoms with E-state index in [4.69, 9.17) is 4.42 Å². The molecule has 1 unspecified atom stereocenters. The van der Waals surface area contributed by atoms with Gasteiger partial charge in [-0.3, -0.25) is 0 Å². The predicted octanol–water partition coefficient (Wildman–Crippen LogP) is 2.24. The molecule has 2 rings (SSSR count). The number of aryl methyl sites for hydroxylation is 1. The fraction of sp³-hybridized carbons (Fsp3) is 0.462. The zero-order valence-corrected chi connectivity index (χ0v) is 12.1. The van der Waals surface area contributed by atoms with Crippen LogP contribution in [0.15, 0.2) is 22.6 Å². The molecule has 0 saturated heterocycles. The number of aromatic nitrogens is 1. The Morgan fingerprint density at radius 1 is 1.42 bits per heavy atom. The third kappa shape index (κ3) is 3.70. The third-order valence-corrected chi connectivity index (χ3v) is 3.81. The fourth-order valence-electron chi connectivity index (χ4n) is 2.00. The van der Waals surface area contributed by atoms with E-state index in [0.717, 1.165) is 23.2 Å². The molecule has 6 heteroatoms. The van der Waals surface area contributed by atoms with E-state index in [2.05, 4.69) is 10.3 Å². The Morgan fingerprint density at radius 2 is 2.16 bits per heavy atom. The van der Waals surface area contributed by atoms with E-state index in [1.165, 1.54) is 6.26 Å². The van der Waals surface area contributed by atoms with Crippen molar-refractivity contribution in [3.63, 3.8) is 0 Å². The summed E-state index contributed by atoms with van der Waals surface area (Å²) in [6.07, 6.45) is 1.99. The van der Waals surface area contributed by atoms with Gasteiger partial charge in [0.15, 0.2) is 11.5 Å². The first-order valence-electron chi connectivity index (χ1n) is 6.21. The van der Waals surface area contributed by atoms with Crippen LogP contribution in [0.25, 0.3) is 11.1 Å². The molecule has 0 aliphatic carbocycles. The number of fused-ring (bicyclic) bond motifs is 1. The van der Waals surface area contributed by atoms with E-state index in [1.54, 1.807) is 0 Å². The van der Waals surface area contributed by atoms with E-state index in [0.29, 0.717) is 5.89 Å². The Bertz CT molecular complexity index is 676. The SMILES string of the molecule is CCc1nc2cc(NC(C)CS(C)(=O)=O)ccc2o1. The summed E-state index contributed by atoms with van der Waals surface area (Å²) in [7, 11) is -2.98. The summed E-state index contributed by atoms with van der Waals surface area (Å²) in [5, 5.41) is 3.16. The quantitative estimate of drug-likeness (QED) is 0.910. The smallest absolute Gasteiger partial charge is 0.195 e. The molecule has 1 N–H and O–H groups in total. The van der Waals surface area contributed by atoms with E-state index < -0.39 is 9.84 Å². The summed E-state index contributed by atoms with van der Waals surface area (Å²) >= 11 is 0. The lowest BCUT2D eigenvalue weighted by Crippen LogP contribution is -2.24. The maximum atomic E-state index is 11.2. The number of hydrogen-bond acceptors (Lipinski definition) is 5.